The maximum atomic E-state index is 13.8. The maximum absolute atomic E-state index is 13.8. The van der Waals surface area contributed by atoms with E-state index in [1.165, 1.54) is 22.1 Å². The minimum Gasteiger partial charge on any atom is -0.497 e. The molecule has 0 N–H and O–H groups in total. The quantitative estimate of drug-likeness (QED) is 0.197. The van der Waals surface area contributed by atoms with Gasteiger partial charge in [0, 0.05) is 23.2 Å². The number of benzene rings is 3. The van der Waals surface area contributed by atoms with Crippen LogP contribution in [0.2, 0.25) is 5.02 Å². The van der Waals surface area contributed by atoms with Crippen LogP contribution in [0.3, 0.4) is 0 Å². The van der Waals surface area contributed by atoms with Crippen LogP contribution in [0.15, 0.2) is 60.7 Å². The minimum atomic E-state index is -0.00818. The van der Waals surface area contributed by atoms with Crippen LogP contribution < -0.4 is 4.74 Å². The number of hydrogen-bond acceptors (Lipinski definition) is 4. The predicted octanol–water partition coefficient (Wildman–Crippen LogP) is 7.48. The van der Waals surface area contributed by atoms with Gasteiger partial charge in [-0.05, 0) is 73.1 Å². The molecule has 4 aromatic rings. The number of ether oxygens (including phenoxy) is 1. The molecular weight excluding hydrogens is 476 g/mol. The van der Waals surface area contributed by atoms with Crippen molar-refractivity contribution in [2.45, 2.75) is 33.2 Å². The molecule has 6 heteroatoms. The molecule has 0 aliphatic heterocycles. The molecule has 0 unspecified atom stereocenters. The van der Waals surface area contributed by atoms with Crippen molar-refractivity contribution in [1.29, 1.82) is 0 Å². The van der Waals surface area contributed by atoms with Crippen LogP contribution in [0, 0.1) is 0 Å². The lowest BCUT2D eigenvalue weighted by Crippen LogP contribution is -2.32. The van der Waals surface area contributed by atoms with Gasteiger partial charge in [0.25, 0.3) is 5.91 Å². The average Bonchev–Trinajstić information content (AvgIpc) is 3.23. The Hall–Kier alpha value is -2.60. The topological polar surface area (TPSA) is 32.8 Å². The van der Waals surface area contributed by atoms with Crippen molar-refractivity contribution in [1.82, 2.24) is 9.80 Å². The summed E-state index contributed by atoms with van der Waals surface area (Å²) in [5.74, 6) is 0.755. The second-order valence-electron chi connectivity index (χ2n) is 8.75. The summed E-state index contributed by atoms with van der Waals surface area (Å²) in [5.41, 5.74) is 1.12. The van der Waals surface area contributed by atoms with Gasteiger partial charge in [-0.25, -0.2) is 0 Å². The number of carbonyl (C=O) groups excluding carboxylic acids is 1. The lowest BCUT2D eigenvalue weighted by molar-refractivity contribution is 0.0743. The second-order valence-corrected chi connectivity index (χ2v) is 10.2. The normalized spacial score (nSPS) is 11.5. The molecule has 35 heavy (non-hydrogen) atoms. The van der Waals surface area contributed by atoms with Gasteiger partial charge in [-0.15, -0.1) is 11.3 Å². The molecule has 0 aliphatic rings. The van der Waals surface area contributed by atoms with Crippen LogP contribution in [0.1, 0.15) is 41.9 Å². The maximum Gasteiger partial charge on any atom is 0.265 e. The number of nitrogens with zero attached hydrogens (tertiary/aromatic N) is 2. The van der Waals surface area contributed by atoms with Gasteiger partial charge in [-0.1, -0.05) is 61.8 Å². The fourth-order valence-corrected chi connectivity index (χ4v) is 5.95. The van der Waals surface area contributed by atoms with Gasteiger partial charge in [0.1, 0.15) is 10.6 Å². The number of amides is 1. The lowest BCUT2D eigenvalue weighted by atomic mass is 10.1. The molecule has 1 amide bonds. The third-order valence-electron chi connectivity index (χ3n) is 6.55. The Kier molecular flexibility index (Phi) is 8.66. The molecule has 3 aromatic carbocycles. The van der Waals surface area contributed by atoms with E-state index in [9.17, 15) is 4.79 Å². The first-order valence-electron chi connectivity index (χ1n) is 12.3. The monoisotopic (exact) mass is 508 g/mol. The predicted molar refractivity (Wildman–Crippen MR) is 149 cm³/mol. The number of carbonyl (C=O) groups is 1. The first-order valence-corrected chi connectivity index (χ1v) is 13.5. The van der Waals surface area contributed by atoms with E-state index < -0.39 is 0 Å². The Morgan fingerprint density at radius 1 is 0.943 bits per heavy atom. The van der Waals surface area contributed by atoms with E-state index >= 15 is 0 Å². The molecule has 1 heterocycles. The van der Waals surface area contributed by atoms with Gasteiger partial charge in [-0.3, -0.25) is 4.79 Å². The van der Waals surface area contributed by atoms with E-state index in [-0.39, 0.29) is 5.91 Å². The van der Waals surface area contributed by atoms with E-state index in [1.54, 1.807) is 7.11 Å². The van der Waals surface area contributed by atoms with Crippen LogP contribution in [-0.2, 0) is 6.54 Å². The Morgan fingerprint density at radius 2 is 1.69 bits per heavy atom. The first-order chi connectivity index (χ1) is 17.0. The Balaban J connectivity index is 1.58. The Morgan fingerprint density at radius 3 is 2.43 bits per heavy atom. The number of fused-ring (bicyclic) bond motifs is 2. The molecule has 0 radical (unpaired) electrons. The number of methoxy groups -OCH3 is 1. The van der Waals surface area contributed by atoms with E-state index in [1.807, 2.05) is 35.2 Å². The highest BCUT2D eigenvalue weighted by Crippen LogP contribution is 2.38. The van der Waals surface area contributed by atoms with Crippen molar-refractivity contribution in [3.05, 3.63) is 76.1 Å². The fraction of sp³-hybridized carbons (Fsp3) is 0.345. The first kappa shape index (κ1) is 25.5. The van der Waals surface area contributed by atoms with Gasteiger partial charge in [0.05, 0.1) is 12.1 Å². The summed E-state index contributed by atoms with van der Waals surface area (Å²) in [4.78, 5) is 18.8. The van der Waals surface area contributed by atoms with Crippen molar-refractivity contribution in [3.8, 4) is 5.75 Å². The average molecular weight is 509 g/mol. The van der Waals surface area contributed by atoms with Gasteiger partial charge in [0.2, 0.25) is 0 Å². The van der Waals surface area contributed by atoms with E-state index in [0.717, 1.165) is 53.9 Å². The van der Waals surface area contributed by atoms with Crippen molar-refractivity contribution in [2.75, 3.05) is 33.3 Å². The van der Waals surface area contributed by atoms with Gasteiger partial charge in [0.15, 0.2) is 0 Å². The summed E-state index contributed by atoms with van der Waals surface area (Å²) < 4.78 is 6.32. The van der Waals surface area contributed by atoms with Crippen LogP contribution >= 0.6 is 22.9 Å². The summed E-state index contributed by atoms with van der Waals surface area (Å²) >= 11 is 8.17. The van der Waals surface area contributed by atoms with E-state index in [2.05, 4.69) is 49.1 Å². The third-order valence-corrected chi connectivity index (χ3v) is 8.20. The summed E-state index contributed by atoms with van der Waals surface area (Å²) in [6.45, 7) is 8.79. The molecule has 0 fully saturated rings. The summed E-state index contributed by atoms with van der Waals surface area (Å²) in [6, 6.07) is 20.5. The minimum absolute atomic E-state index is 0.00818. The Labute approximate surface area is 217 Å². The molecule has 0 saturated heterocycles. The number of rotatable bonds is 11. The van der Waals surface area contributed by atoms with E-state index in [0.29, 0.717) is 23.0 Å². The highest BCUT2D eigenvalue weighted by molar-refractivity contribution is 7.21. The summed E-state index contributed by atoms with van der Waals surface area (Å²) in [7, 11) is 1.64. The molecule has 0 saturated carbocycles. The molecule has 4 rings (SSSR count). The summed E-state index contributed by atoms with van der Waals surface area (Å²) in [6.07, 6.45) is 2.01. The number of halogens is 1. The van der Waals surface area contributed by atoms with Crippen molar-refractivity contribution in [3.63, 3.8) is 0 Å². The molecule has 0 spiro atoms. The van der Waals surface area contributed by atoms with Gasteiger partial charge >= 0.3 is 0 Å². The molecule has 0 bridgehead atoms. The SMILES string of the molecule is CCN(CC)CCCCN(Cc1ccc2ccccc2c1)C(=O)c1sc2cc(OC)ccc2c1Cl. The van der Waals surface area contributed by atoms with Crippen molar-refractivity contribution < 1.29 is 9.53 Å². The zero-order valence-corrected chi connectivity index (χ0v) is 22.3. The van der Waals surface area contributed by atoms with Crippen LogP contribution in [-0.4, -0.2) is 49.0 Å². The molecule has 0 atom stereocenters. The van der Waals surface area contributed by atoms with E-state index in [4.69, 9.17) is 16.3 Å². The molecule has 0 aliphatic carbocycles. The van der Waals surface area contributed by atoms with Crippen molar-refractivity contribution in [2.24, 2.45) is 0 Å². The molecule has 1 aromatic heterocycles. The summed E-state index contributed by atoms with van der Waals surface area (Å²) in [5, 5.41) is 3.82. The van der Waals surface area contributed by atoms with Crippen LogP contribution in [0.5, 0.6) is 5.75 Å². The van der Waals surface area contributed by atoms with Gasteiger partial charge < -0.3 is 14.5 Å². The van der Waals surface area contributed by atoms with Crippen LogP contribution in [0.4, 0.5) is 0 Å². The highest BCUT2D eigenvalue weighted by atomic mass is 35.5. The zero-order valence-electron chi connectivity index (χ0n) is 20.7. The fourth-order valence-electron chi connectivity index (χ4n) is 4.44. The van der Waals surface area contributed by atoms with Crippen molar-refractivity contribution >= 4 is 49.7 Å². The number of thiophene rings is 1. The molecular formula is C29H33ClN2O2S. The highest BCUT2D eigenvalue weighted by Gasteiger charge is 2.23. The smallest absolute Gasteiger partial charge is 0.265 e. The molecule has 184 valence electrons. The lowest BCUT2D eigenvalue weighted by Gasteiger charge is -2.24. The molecule has 4 nitrogen and oxygen atoms in total. The largest absolute Gasteiger partial charge is 0.497 e. The van der Waals surface area contributed by atoms with Crippen LogP contribution in [0.25, 0.3) is 20.9 Å². The standard InChI is InChI=1S/C29H33ClN2O2S/c1-4-31(5-2)16-8-9-17-32(20-21-12-13-22-10-6-7-11-23(22)18-21)29(33)28-27(30)25-15-14-24(34-3)19-26(25)35-28/h6-7,10-15,18-19H,4-5,8-9,16-17,20H2,1-3H3. The Bertz CT molecular complexity index is 1300. The van der Waals surface area contributed by atoms with Gasteiger partial charge in [-0.2, -0.15) is 0 Å². The number of hydrogen-bond donors (Lipinski definition) is 0. The zero-order chi connectivity index (χ0) is 24.8. The third kappa shape index (κ3) is 5.97. The number of unbranched alkanes of at least 4 members (excludes halogenated alkanes) is 1. The second kappa shape index (κ2) is 11.9.